The number of rotatable bonds is 5. The van der Waals surface area contributed by atoms with E-state index in [1.54, 1.807) is 11.3 Å². The van der Waals surface area contributed by atoms with E-state index in [1.807, 2.05) is 84.9 Å². The third kappa shape index (κ3) is 4.93. The summed E-state index contributed by atoms with van der Waals surface area (Å²) < 4.78 is 14.8. The third-order valence-corrected chi connectivity index (χ3v) is 10.9. The predicted octanol–water partition coefficient (Wildman–Crippen LogP) is 12.6. The van der Waals surface area contributed by atoms with E-state index in [1.165, 1.54) is 9.40 Å². The van der Waals surface area contributed by atoms with Gasteiger partial charge >= 0.3 is 0 Å². The maximum atomic E-state index is 6.44. The normalized spacial score (nSPS) is 11.8. The highest BCUT2D eigenvalue weighted by Gasteiger charge is 2.20. The van der Waals surface area contributed by atoms with Crippen molar-refractivity contribution < 1.29 is 8.83 Å². The minimum atomic E-state index is 0.565. The van der Waals surface area contributed by atoms with Gasteiger partial charge < -0.3 is 8.83 Å². The van der Waals surface area contributed by atoms with Gasteiger partial charge in [0.1, 0.15) is 16.7 Å². The van der Waals surface area contributed by atoms with Gasteiger partial charge in [-0.3, -0.25) is 0 Å². The molecule has 0 N–H and O–H groups in total. The lowest BCUT2D eigenvalue weighted by molar-refractivity contribution is 0.620. The number of oxazole rings is 1. The number of thiophene rings is 1. The molecule has 11 aromatic rings. The molecule has 0 aliphatic rings. The molecule has 7 heteroatoms. The molecule has 248 valence electrons. The molecule has 0 aliphatic carbocycles. The molecule has 0 fully saturated rings. The van der Waals surface area contributed by atoms with Gasteiger partial charge in [0.05, 0.1) is 5.56 Å². The molecule has 6 nitrogen and oxygen atoms in total. The summed E-state index contributed by atoms with van der Waals surface area (Å²) in [6.07, 6.45) is 0. The van der Waals surface area contributed by atoms with Gasteiger partial charge in [0, 0.05) is 47.6 Å². The van der Waals surface area contributed by atoms with E-state index in [9.17, 15) is 0 Å². The van der Waals surface area contributed by atoms with Gasteiger partial charge in [-0.15, -0.1) is 11.3 Å². The molecule has 0 radical (unpaired) electrons. The highest BCUT2D eigenvalue weighted by atomic mass is 32.1. The molecule has 0 spiro atoms. The van der Waals surface area contributed by atoms with Crippen LogP contribution in [0.2, 0.25) is 0 Å². The van der Waals surface area contributed by atoms with Crippen LogP contribution in [-0.4, -0.2) is 19.9 Å². The quantitative estimate of drug-likeness (QED) is 0.178. The average Bonchev–Trinajstić information content (AvgIpc) is 3.94. The zero-order chi connectivity index (χ0) is 34.9. The number of hydrogen-bond donors (Lipinski definition) is 0. The maximum Gasteiger partial charge on any atom is 0.227 e. The molecular weight excluding hydrogens is 673 g/mol. The summed E-state index contributed by atoms with van der Waals surface area (Å²) in [5.74, 6) is 2.40. The number of hydrogen-bond acceptors (Lipinski definition) is 7. The van der Waals surface area contributed by atoms with Gasteiger partial charge in [-0.1, -0.05) is 103 Å². The van der Waals surface area contributed by atoms with Crippen molar-refractivity contribution in [2.24, 2.45) is 0 Å². The van der Waals surface area contributed by atoms with Gasteiger partial charge in [0.25, 0.3) is 0 Å². The first kappa shape index (κ1) is 29.7. The molecule has 11 rings (SSSR count). The van der Waals surface area contributed by atoms with E-state index >= 15 is 0 Å². The van der Waals surface area contributed by atoms with Crippen molar-refractivity contribution in [3.8, 4) is 56.7 Å². The molecule has 0 saturated heterocycles. The second kappa shape index (κ2) is 11.8. The fourth-order valence-electron chi connectivity index (χ4n) is 7.25. The summed E-state index contributed by atoms with van der Waals surface area (Å²) in [6, 6.07) is 53.6. The van der Waals surface area contributed by atoms with Gasteiger partial charge in [0.15, 0.2) is 23.1 Å². The van der Waals surface area contributed by atoms with Crippen LogP contribution in [0.15, 0.2) is 167 Å². The topological polar surface area (TPSA) is 77.8 Å². The van der Waals surface area contributed by atoms with Crippen molar-refractivity contribution in [1.82, 2.24) is 19.9 Å². The molecule has 7 aromatic carbocycles. The van der Waals surface area contributed by atoms with Crippen LogP contribution >= 0.6 is 11.3 Å². The summed E-state index contributed by atoms with van der Waals surface area (Å²) in [4.78, 5) is 20.1. The summed E-state index contributed by atoms with van der Waals surface area (Å²) in [6.45, 7) is 0. The molecule has 0 bridgehead atoms. The first-order valence-electron chi connectivity index (χ1n) is 17.4. The maximum absolute atomic E-state index is 6.44. The fourth-order valence-corrected chi connectivity index (χ4v) is 8.36. The Bertz CT molecular complexity index is 3150. The Morgan fingerprint density at radius 3 is 1.94 bits per heavy atom. The van der Waals surface area contributed by atoms with Crippen LogP contribution in [-0.2, 0) is 0 Å². The van der Waals surface area contributed by atoms with E-state index in [4.69, 9.17) is 23.8 Å². The number of benzene rings is 7. The zero-order valence-corrected chi connectivity index (χ0v) is 28.8. The van der Waals surface area contributed by atoms with Crippen molar-refractivity contribution in [3.63, 3.8) is 0 Å². The van der Waals surface area contributed by atoms with Crippen LogP contribution in [0.1, 0.15) is 0 Å². The smallest absolute Gasteiger partial charge is 0.227 e. The summed E-state index contributed by atoms with van der Waals surface area (Å²) >= 11 is 1.77. The van der Waals surface area contributed by atoms with Gasteiger partial charge in [-0.2, -0.15) is 0 Å². The Morgan fingerprint density at radius 2 is 1.08 bits per heavy atom. The SMILES string of the molecule is c1ccc(-c2nc(-c3cccc4c3oc3ccccc34)nc(-c3cccc4sc5ccc(-c6ccc(-c7nc8ccccc8o7)cc6)cc5c34)n2)cc1. The lowest BCUT2D eigenvalue weighted by Crippen LogP contribution is -2.00. The molecule has 0 atom stereocenters. The minimum absolute atomic E-state index is 0.565. The lowest BCUT2D eigenvalue weighted by Gasteiger charge is -2.10. The van der Waals surface area contributed by atoms with Crippen LogP contribution in [0.25, 0.3) is 110 Å². The summed E-state index contributed by atoms with van der Waals surface area (Å²) in [5.41, 5.74) is 9.09. The molecule has 0 aliphatic heterocycles. The van der Waals surface area contributed by atoms with Crippen LogP contribution in [0.3, 0.4) is 0 Å². The Hall–Kier alpha value is -6.96. The number of para-hydroxylation sites is 4. The van der Waals surface area contributed by atoms with E-state index < -0.39 is 0 Å². The molecule has 53 heavy (non-hydrogen) atoms. The van der Waals surface area contributed by atoms with Gasteiger partial charge in [-0.25, -0.2) is 19.9 Å². The van der Waals surface area contributed by atoms with Gasteiger partial charge in [0.2, 0.25) is 5.89 Å². The Labute approximate surface area is 306 Å². The van der Waals surface area contributed by atoms with Crippen LogP contribution in [0.4, 0.5) is 0 Å². The average molecular weight is 699 g/mol. The summed E-state index contributed by atoms with van der Waals surface area (Å²) in [7, 11) is 0. The van der Waals surface area contributed by atoms with Crippen molar-refractivity contribution >= 4 is 64.5 Å². The fraction of sp³-hybridized carbons (Fsp3) is 0. The number of nitrogens with zero attached hydrogens (tertiary/aromatic N) is 4. The monoisotopic (exact) mass is 698 g/mol. The van der Waals surface area contributed by atoms with E-state index in [-0.39, 0.29) is 0 Å². The number of fused-ring (bicyclic) bond motifs is 7. The first-order valence-corrected chi connectivity index (χ1v) is 18.2. The third-order valence-electron chi connectivity index (χ3n) is 9.81. The van der Waals surface area contributed by atoms with Crippen LogP contribution < -0.4 is 0 Å². The van der Waals surface area contributed by atoms with Crippen molar-refractivity contribution in [3.05, 3.63) is 158 Å². The second-order valence-corrected chi connectivity index (χ2v) is 14.1. The second-order valence-electron chi connectivity index (χ2n) is 13.0. The van der Waals surface area contributed by atoms with E-state index in [2.05, 4.69) is 77.8 Å². The van der Waals surface area contributed by atoms with Crippen LogP contribution in [0.5, 0.6) is 0 Å². The highest BCUT2D eigenvalue weighted by Crippen LogP contribution is 2.42. The molecule has 0 amide bonds. The lowest BCUT2D eigenvalue weighted by atomic mass is 9.99. The Morgan fingerprint density at radius 1 is 0.396 bits per heavy atom. The zero-order valence-electron chi connectivity index (χ0n) is 28.0. The van der Waals surface area contributed by atoms with E-state index in [0.29, 0.717) is 23.4 Å². The largest absolute Gasteiger partial charge is 0.455 e. The first-order chi connectivity index (χ1) is 26.2. The molecule has 4 aromatic heterocycles. The Kier molecular flexibility index (Phi) is 6.62. The number of furan rings is 1. The van der Waals surface area contributed by atoms with Crippen molar-refractivity contribution in [2.75, 3.05) is 0 Å². The van der Waals surface area contributed by atoms with Crippen LogP contribution in [0, 0.1) is 0 Å². The standard InChI is InChI=1S/C46H26N4O2S/c1-2-10-28(11-3-1)43-48-44(50-45(49-43)34-15-8-13-32-31-12-4-6-17-37(31)51-42(32)34)33-14-9-19-40-41(33)35-26-30(24-25-39(35)53-40)27-20-22-29(23-21-27)46-47-36-16-5-7-18-38(36)52-46/h1-26H. The molecular formula is C46H26N4O2S. The molecule has 0 saturated carbocycles. The summed E-state index contributed by atoms with van der Waals surface area (Å²) in [5, 5.41) is 4.37. The van der Waals surface area contributed by atoms with Crippen molar-refractivity contribution in [2.45, 2.75) is 0 Å². The number of aromatic nitrogens is 4. The highest BCUT2D eigenvalue weighted by molar-refractivity contribution is 7.26. The molecule has 0 unspecified atom stereocenters. The van der Waals surface area contributed by atoms with Gasteiger partial charge in [-0.05, 0) is 65.7 Å². The predicted molar refractivity (Wildman–Crippen MR) is 215 cm³/mol. The molecule has 4 heterocycles. The minimum Gasteiger partial charge on any atom is -0.455 e. The van der Waals surface area contributed by atoms with E-state index in [0.717, 1.165) is 77.2 Å². The Balaban J connectivity index is 1.07. The van der Waals surface area contributed by atoms with Crippen molar-refractivity contribution in [1.29, 1.82) is 0 Å².